The Hall–Kier alpha value is -2.49. The number of benzene rings is 2. The second-order valence-electron chi connectivity index (χ2n) is 6.36. The van der Waals surface area contributed by atoms with Gasteiger partial charge in [-0.25, -0.2) is 8.42 Å². The third-order valence-corrected chi connectivity index (χ3v) is 6.36. The summed E-state index contributed by atoms with van der Waals surface area (Å²) in [5.74, 6) is 0.729. The van der Waals surface area contributed by atoms with Crippen molar-refractivity contribution in [3.8, 4) is 17.2 Å². The van der Waals surface area contributed by atoms with Gasteiger partial charge in [-0.05, 0) is 37.6 Å². The number of carbonyl (C=O) groups is 1. The molecule has 2 rings (SSSR count). The van der Waals surface area contributed by atoms with Crippen LogP contribution in [-0.2, 0) is 14.8 Å². The molecule has 0 bridgehead atoms. The summed E-state index contributed by atoms with van der Waals surface area (Å²) in [4.78, 5) is 12.6. The molecular weight excluding hydrogens is 432 g/mol. The number of halogens is 1. The lowest BCUT2D eigenvalue weighted by molar-refractivity contribution is -0.116. The molecule has 0 fully saturated rings. The minimum absolute atomic E-state index is 0.0736. The van der Waals surface area contributed by atoms with Crippen LogP contribution in [0.4, 0.5) is 5.69 Å². The predicted octanol–water partition coefficient (Wildman–Crippen LogP) is 3.32. The van der Waals surface area contributed by atoms with Gasteiger partial charge in [-0.15, -0.1) is 0 Å². The summed E-state index contributed by atoms with van der Waals surface area (Å²) in [6.45, 7) is 3.69. The van der Waals surface area contributed by atoms with Gasteiger partial charge in [0.05, 0.1) is 43.0 Å². The first-order valence-corrected chi connectivity index (χ1v) is 10.9. The first-order chi connectivity index (χ1) is 14.1. The molecular formula is C20H25ClN2O6S. The van der Waals surface area contributed by atoms with E-state index in [9.17, 15) is 13.2 Å². The van der Waals surface area contributed by atoms with E-state index in [1.54, 1.807) is 13.0 Å². The summed E-state index contributed by atoms with van der Waals surface area (Å²) in [5, 5.41) is 2.94. The highest BCUT2D eigenvalue weighted by molar-refractivity contribution is 7.89. The van der Waals surface area contributed by atoms with Gasteiger partial charge < -0.3 is 19.5 Å². The first-order valence-electron chi connectivity index (χ1n) is 9.05. The number of aryl methyl sites for hydroxylation is 1. The Morgan fingerprint density at radius 2 is 1.77 bits per heavy atom. The Balaban J connectivity index is 2.18. The second-order valence-corrected chi connectivity index (χ2v) is 8.81. The molecule has 0 radical (unpaired) electrons. The molecule has 10 heteroatoms. The van der Waals surface area contributed by atoms with Crippen LogP contribution in [0.3, 0.4) is 0 Å². The highest BCUT2D eigenvalue weighted by Gasteiger charge is 2.24. The quantitative estimate of drug-likeness (QED) is 0.622. The monoisotopic (exact) mass is 456 g/mol. The van der Waals surface area contributed by atoms with Crippen LogP contribution >= 0.6 is 11.6 Å². The van der Waals surface area contributed by atoms with E-state index < -0.39 is 22.5 Å². The van der Waals surface area contributed by atoms with Crippen molar-refractivity contribution in [1.29, 1.82) is 0 Å². The molecule has 1 N–H and O–H groups in total. The van der Waals surface area contributed by atoms with Gasteiger partial charge in [-0.3, -0.25) is 4.79 Å². The van der Waals surface area contributed by atoms with Crippen molar-refractivity contribution in [3.63, 3.8) is 0 Å². The van der Waals surface area contributed by atoms with E-state index in [1.807, 2.05) is 6.92 Å². The van der Waals surface area contributed by atoms with Gasteiger partial charge in [-0.2, -0.15) is 4.31 Å². The average molecular weight is 457 g/mol. The molecule has 0 aromatic heterocycles. The van der Waals surface area contributed by atoms with Crippen LogP contribution in [0.15, 0.2) is 35.2 Å². The summed E-state index contributed by atoms with van der Waals surface area (Å²) in [6.07, 6.45) is 0. The summed E-state index contributed by atoms with van der Waals surface area (Å²) in [7, 11) is 0.330. The zero-order valence-electron chi connectivity index (χ0n) is 17.5. The molecule has 0 saturated carbocycles. The maximum atomic E-state index is 12.9. The Bertz CT molecular complexity index is 1030. The number of rotatable bonds is 9. The minimum Gasteiger partial charge on any atom is -0.495 e. The van der Waals surface area contributed by atoms with Crippen molar-refractivity contribution in [3.05, 3.63) is 40.9 Å². The SMILES string of the molecule is CCOc1ccc(S(=O)(=O)N(C)CC(=O)Nc2cc(OC)c(Cl)cc2OC)cc1C. The summed E-state index contributed by atoms with van der Waals surface area (Å²) in [5.41, 5.74) is 1.00. The number of hydrogen-bond acceptors (Lipinski definition) is 6. The van der Waals surface area contributed by atoms with Crippen molar-refractivity contribution in [2.24, 2.45) is 0 Å². The van der Waals surface area contributed by atoms with Crippen LogP contribution in [0.1, 0.15) is 12.5 Å². The van der Waals surface area contributed by atoms with Gasteiger partial charge in [-0.1, -0.05) is 11.6 Å². The normalized spacial score (nSPS) is 11.3. The molecule has 2 aromatic carbocycles. The smallest absolute Gasteiger partial charge is 0.243 e. The fraction of sp³-hybridized carbons (Fsp3) is 0.350. The predicted molar refractivity (Wildman–Crippen MR) is 115 cm³/mol. The zero-order chi connectivity index (χ0) is 22.5. The summed E-state index contributed by atoms with van der Waals surface area (Å²) >= 11 is 6.06. The number of carbonyl (C=O) groups excluding carboxylic acids is 1. The average Bonchev–Trinajstić information content (AvgIpc) is 2.70. The molecule has 0 aliphatic rings. The highest BCUT2D eigenvalue weighted by Crippen LogP contribution is 2.35. The lowest BCUT2D eigenvalue weighted by Gasteiger charge is -2.19. The molecule has 164 valence electrons. The molecule has 0 atom stereocenters. The van der Waals surface area contributed by atoms with Crippen molar-refractivity contribution in [2.75, 3.05) is 39.7 Å². The van der Waals surface area contributed by atoms with E-state index in [-0.39, 0.29) is 4.90 Å². The van der Waals surface area contributed by atoms with E-state index >= 15 is 0 Å². The number of nitrogens with one attached hydrogen (secondary N) is 1. The van der Waals surface area contributed by atoms with Crippen LogP contribution in [0.25, 0.3) is 0 Å². The van der Waals surface area contributed by atoms with Gasteiger partial charge in [0.1, 0.15) is 17.2 Å². The van der Waals surface area contributed by atoms with Crippen LogP contribution in [0.5, 0.6) is 17.2 Å². The molecule has 0 saturated heterocycles. The molecule has 0 aliphatic carbocycles. The molecule has 0 heterocycles. The second kappa shape index (κ2) is 10.0. The van der Waals surface area contributed by atoms with E-state index in [0.29, 0.717) is 40.1 Å². The Labute approximate surface area is 181 Å². The molecule has 1 amide bonds. The van der Waals surface area contributed by atoms with E-state index in [2.05, 4.69) is 5.32 Å². The fourth-order valence-corrected chi connectivity index (χ4v) is 4.16. The third-order valence-electron chi connectivity index (χ3n) is 4.27. The Kier molecular flexibility index (Phi) is 7.94. The number of ether oxygens (including phenoxy) is 3. The number of anilines is 1. The molecule has 0 unspecified atom stereocenters. The Morgan fingerprint density at radius 3 is 2.33 bits per heavy atom. The maximum absolute atomic E-state index is 12.9. The van der Waals surface area contributed by atoms with Crippen molar-refractivity contribution < 1.29 is 27.4 Å². The van der Waals surface area contributed by atoms with E-state index in [4.69, 9.17) is 25.8 Å². The Morgan fingerprint density at radius 1 is 1.10 bits per heavy atom. The zero-order valence-corrected chi connectivity index (χ0v) is 19.1. The van der Waals surface area contributed by atoms with Gasteiger partial charge in [0, 0.05) is 19.2 Å². The maximum Gasteiger partial charge on any atom is 0.243 e. The van der Waals surface area contributed by atoms with Crippen LogP contribution in [-0.4, -0.2) is 53.0 Å². The van der Waals surface area contributed by atoms with Gasteiger partial charge in [0.2, 0.25) is 15.9 Å². The topological polar surface area (TPSA) is 94.2 Å². The summed E-state index contributed by atoms with van der Waals surface area (Å²) in [6, 6.07) is 7.57. The number of hydrogen-bond donors (Lipinski definition) is 1. The van der Waals surface area contributed by atoms with Crippen LogP contribution in [0.2, 0.25) is 5.02 Å². The first kappa shape index (κ1) is 23.8. The van der Waals surface area contributed by atoms with Gasteiger partial charge in [0.15, 0.2) is 0 Å². The number of nitrogens with zero attached hydrogens (tertiary/aromatic N) is 1. The molecule has 30 heavy (non-hydrogen) atoms. The largest absolute Gasteiger partial charge is 0.495 e. The lowest BCUT2D eigenvalue weighted by atomic mass is 10.2. The number of amides is 1. The molecule has 2 aromatic rings. The lowest BCUT2D eigenvalue weighted by Crippen LogP contribution is -2.35. The van der Waals surface area contributed by atoms with Crippen molar-refractivity contribution in [1.82, 2.24) is 4.31 Å². The van der Waals surface area contributed by atoms with Crippen molar-refractivity contribution in [2.45, 2.75) is 18.7 Å². The van der Waals surface area contributed by atoms with E-state index in [0.717, 1.165) is 4.31 Å². The van der Waals surface area contributed by atoms with Crippen LogP contribution in [0, 0.1) is 6.92 Å². The standard InChI is InChI=1S/C20H25ClN2O6S/c1-6-29-17-8-7-14(9-13(17)2)30(25,26)23(3)12-20(24)22-16-11-18(27-4)15(21)10-19(16)28-5/h7-11H,6,12H2,1-5H3,(H,22,24). The van der Waals surface area contributed by atoms with E-state index in [1.165, 1.54) is 45.5 Å². The van der Waals surface area contributed by atoms with Crippen molar-refractivity contribution >= 4 is 33.2 Å². The highest BCUT2D eigenvalue weighted by atomic mass is 35.5. The summed E-state index contributed by atoms with van der Waals surface area (Å²) < 4.78 is 42.5. The third kappa shape index (κ3) is 5.35. The molecule has 0 aliphatic heterocycles. The minimum atomic E-state index is -3.88. The molecule has 0 spiro atoms. The van der Waals surface area contributed by atoms with Gasteiger partial charge in [0.25, 0.3) is 0 Å². The number of methoxy groups -OCH3 is 2. The fourth-order valence-electron chi connectivity index (χ4n) is 2.71. The molecule has 8 nitrogen and oxygen atoms in total. The number of likely N-dealkylation sites (N-methyl/N-ethyl adjacent to an activating group) is 1. The van der Waals surface area contributed by atoms with Gasteiger partial charge >= 0.3 is 0 Å². The number of sulfonamides is 1. The van der Waals surface area contributed by atoms with Crippen LogP contribution < -0.4 is 19.5 Å².